The zero-order chi connectivity index (χ0) is 23.0. The maximum atomic E-state index is 13.4. The van der Waals surface area contributed by atoms with Gasteiger partial charge >= 0.3 is 5.97 Å². The van der Waals surface area contributed by atoms with E-state index in [-0.39, 0.29) is 12.5 Å². The van der Waals surface area contributed by atoms with Gasteiger partial charge in [-0.3, -0.25) is 9.48 Å². The van der Waals surface area contributed by atoms with E-state index in [4.69, 9.17) is 9.72 Å². The van der Waals surface area contributed by atoms with Gasteiger partial charge in [0.15, 0.2) is 0 Å². The molecule has 0 fully saturated rings. The van der Waals surface area contributed by atoms with E-state index in [2.05, 4.69) is 10.4 Å². The van der Waals surface area contributed by atoms with E-state index in [1.54, 1.807) is 23.9 Å². The molecule has 4 rings (SSSR count). The predicted molar refractivity (Wildman–Crippen MR) is 126 cm³/mol. The molecule has 0 saturated heterocycles. The van der Waals surface area contributed by atoms with Gasteiger partial charge in [0.25, 0.3) is 5.91 Å². The molecule has 0 aliphatic rings. The van der Waals surface area contributed by atoms with Crippen molar-refractivity contribution in [2.45, 2.75) is 27.7 Å². The van der Waals surface area contributed by atoms with Crippen LogP contribution in [0.5, 0.6) is 0 Å². The highest BCUT2D eigenvalue weighted by Gasteiger charge is 2.24. The van der Waals surface area contributed by atoms with Gasteiger partial charge in [0.1, 0.15) is 5.00 Å². The van der Waals surface area contributed by atoms with Crippen molar-refractivity contribution in [1.82, 2.24) is 14.8 Å². The number of esters is 1. The number of fused-ring (bicyclic) bond motifs is 1. The molecular formula is C24H24N4O3S. The number of aryl methyl sites for hydroxylation is 2. The molecule has 1 amide bonds. The Morgan fingerprint density at radius 3 is 2.62 bits per heavy atom. The number of anilines is 1. The summed E-state index contributed by atoms with van der Waals surface area (Å²) < 4.78 is 6.98. The minimum Gasteiger partial charge on any atom is -0.462 e. The van der Waals surface area contributed by atoms with E-state index in [0.717, 1.165) is 27.1 Å². The van der Waals surface area contributed by atoms with Gasteiger partial charge in [-0.25, -0.2) is 9.78 Å². The number of thiophene rings is 1. The number of hydrogen-bond acceptors (Lipinski definition) is 6. The minimum absolute atomic E-state index is 0.267. The Labute approximate surface area is 190 Å². The summed E-state index contributed by atoms with van der Waals surface area (Å²) >= 11 is 1.37. The molecule has 7 nitrogen and oxygen atoms in total. The van der Waals surface area contributed by atoms with Crippen LogP contribution in [0.3, 0.4) is 0 Å². The first-order chi connectivity index (χ1) is 15.3. The van der Waals surface area contributed by atoms with Gasteiger partial charge in [0, 0.05) is 28.6 Å². The highest BCUT2D eigenvalue weighted by Crippen LogP contribution is 2.34. The summed E-state index contributed by atoms with van der Waals surface area (Å²) in [6, 6.07) is 9.29. The number of pyridine rings is 1. The van der Waals surface area contributed by atoms with Crippen LogP contribution in [-0.2, 0) is 11.8 Å². The molecule has 0 aliphatic heterocycles. The molecule has 0 spiro atoms. The molecule has 3 aromatic heterocycles. The number of nitrogens with one attached hydrogen (secondary N) is 1. The minimum atomic E-state index is -0.434. The summed E-state index contributed by atoms with van der Waals surface area (Å²) in [4.78, 5) is 31.7. The van der Waals surface area contributed by atoms with Crippen LogP contribution in [0.2, 0.25) is 0 Å². The van der Waals surface area contributed by atoms with E-state index < -0.39 is 5.97 Å². The van der Waals surface area contributed by atoms with Crippen LogP contribution in [0.4, 0.5) is 5.00 Å². The number of amides is 1. The molecule has 1 N–H and O–H groups in total. The highest BCUT2D eigenvalue weighted by atomic mass is 32.1. The van der Waals surface area contributed by atoms with Gasteiger partial charge in [-0.2, -0.15) is 5.10 Å². The summed E-state index contributed by atoms with van der Waals surface area (Å²) in [7, 11) is 1.87. The zero-order valence-corrected chi connectivity index (χ0v) is 19.5. The van der Waals surface area contributed by atoms with Gasteiger partial charge in [-0.1, -0.05) is 18.2 Å². The van der Waals surface area contributed by atoms with Crippen molar-refractivity contribution in [2.75, 3.05) is 11.9 Å². The normalized spacial score (nSPS) is 11.0. The van der Waals surface area contributed by atoms with Crippen LogP contribution >= 0.6 is 11.3 Å². The van der Waals surface area contributed by atoms with Crippen molar-refractivity contribution in [2.24, 2.45) is 7.05 Å². The van der Waals surface area contributed by atoms with Crippen LogP contribution in [0, 0.1) is 20.8 Å². The van der Waals surface area contributed by atoms with Gasteiger partial charge in [-0.05, 0) is 45.4 Å². The Hall–Kier alpha value is -3.52. The first-order valence-corrected chi connectivity index (χ1v) is 11.1. The Balaban J connectivity index is 1.81. The second kappa shape index (κ2) is 8.55. The number of para-hydroxylation sites is 1. The molecular weight excluding hydrogens is 424 g/mol. The van der Waals surface area contributed by atoms with Crippen LogP contribution in [0.25, 0.3) is 22.2 Å². The summed E-state index contributed by atoms with van der Waals surface area (Å²) in [6.07, 6.45) is 1.75. The largest absolute Gasteiger partial charge is 0.462 e. The van der Waals surface area contributed by atoms with Crippen LogP contribution in [-0.4, -0.2) is 33.2 Å². The van der Waals surface area contributed by atoms with Gasteiger partial charge in [0.2, 0.25) is 0 Å². The van der Waals surface area contributed by atoms with Crippen molar-refractivity contribution in [3.05, 3.63) is 63.8 Å². The lowest BCUT2D eigenvalue weighted by atomic mass is 10.0. The number of aromatic nitrogens is 3. The number of rotatable bonds is 5. The Kier molecular flexibility index (Phi) is 5.80. The molecule has 0 unspecified atom stereocenters. The topological polar surface area (TPSA) is 86.1 Å². The fraction of sp³-hybridized carbons (Fsp3) is 0.250. The van der Waals surface area contributed by atoms with Crippen molar-refractivity contribution in [1.29, 1.82) is 0 Å². The van der Waals surface area contributed by atoms with E-state index in [0.29, 0.717) is 27.3 Å². The predicted octanol–water partition coefficient (Wildman–Crippen LogP) is 5.05. The first-order valence-electron chi connectivity index (χ1n) is 10.3. The van der Waals surface area contributed by atoms with Gasteiger partial charge in [0.05, 0.1) is 35.1 Å². The maximum Gasteiger partial charge on any atom is 0.341 e. The number of benzene rings is 1. The molecule has 4 aromatic rings. The van der Waals surface area contributed by atoms with E-state index in [1.807, 2.05) is 52.1 Å². The van der Waals surface area contributed by atoms with Crippen molar-refractivity contribution in [3.8, 4) is 11.3 Å². The van der Waals surface area contributed by atoms with Crippen molar-refractivity contribution in [3.63, 3.8) is 0 Å². The number of ether oxygens (including phenoxy) is 1. The third-order valence-corrected chi connectivity index (χ3v) is 6.69. The zero-order valence-electron chi connectivity index (χ0n) is 18.6. The quantitative estimate of drug-likeness (QED) is 0.432. The van der Waals surface area contributed by atoms with Crippen LogP contribution in [0.15, 0.2) is 36.5 Å². The monoisotopic (exact) mass is 448 g/mol. The molecule has 8 heteroatoms. The first kappa shape index (κ1) is 21.7. The number of hydrogen-bond donors (Lipinski definition) is 1. The second-order valence-corrected chi connectivity index (χ2v) is 8.73. The van der Waals surface area contributed by atoms with Crippen molar-refractivity contribution < 1.29 is 14.3 Å². The maximum absolute atomic E-state index is 13.4. The molecule has 0 saturated carbocycles. The lowest BCUT2D eigenvalue weighted by molar-refractivity contribution is 0.0527. The van der Waals surface area contributed by atoms with E-state index in [9.17, 15) is 9.59 Å². The van der Waals surface area contributed by atoms with Gasteiger partial charge in [-0.15, -0.1) is 11.3 Å². The molecule has 0 aliphatic carbocycles. The Bertz CT molecular complexity index is 1350. The van der Waals surface area contributed by atoms with Crippen LogP contribution < -0.4 is 5.32 Å². The van der Waals surface area contributed by atoms with E-state index >= 15 is 0 Å². The third kappa shape index (κ3) is 3.78. The summed E-state index contributed by atoms with van der Waals surface area (Å²) in [5, 5.41) is 8.47. The number of nitrogens with zero attached hydrogens (tertiary/aromatic N) is 3. The Morgan fingerprint density at radius 2 is 1.94 bits per heavy atom. The number of carbonyl (C=O) groups is 2. The van der Waals surface area contributed by atoms with E-state index in [1.165, 1.54) is 11.3 Å². The Morgan fingerprint density at radius 1 is 1.19 bits per heavy atom. The second-order valence-electron chi connectivity index (χ2n) is 7.50. The lowest BCUT2D eigenvalue weighted by Crippen LogP contribution is -2.15. The molecule has 0 bridgehead atoms. The molecule has 32 heavy (non-hydrogen) atoms. The average Bonchev–Trinajstić information content (AvgIpc) is 3.25. The summed E-state index contributed by atoms with van der Waals surface area (Å²) in [5.74, 6) is -0.742. The smallest absolute Gasteiger partial charge is 0.341 e. The summed E-state index contributed by atoms with van der Waals surface area (Å²) in [5.41, 5.74) is 4.90. The molecule has 164 valence electrons. The van der Waals surface area contributed by atoms with Crippen molar-refractivity contribution >= 4 is 39.1 Å². The lowest BCUT2D eigenvalue weighted by Gasteiger charge is -2.11. The number of carbonyl (C=O) groups excluding carboxylic acids is 2. The summed E-state index contributed by atoms with van der Waals surface area (Å²) in [6.45, 7) is 7.77. The molecule has 3 heterocycles. The molecule has 0 atom stereocenters. The molecule has 1 aromatic carbocycles. The van der Waals surface area contributed by atoms with Crippen LogP contribution in [0.1, 0.15) is 43.8 Å². The third-order valence-electron chi connectivity index (χ3n) is 5.56. The average molecular weight is 449 g/mol. The SMILES string of the molecule is CCOC(=O)c1c(NC(=O)c2cc(-c3cnn(C)c3C)nc3ccccc23)sc(C)c1C. The fourth-order valence-electron chi connectivity index (χ4n) is 3.59. The fourth-order valence-corrected chi connectivity index (χ4v) is 4.63. The highest BCUT2D eigenvalue weighted by molar-refractivity contribution is 7.16. The standard InChI is InChI=1S/C24H24N4O3S/c1-6-31-24(30)21-13(2)15(4)32-23(21)27-22(29)17-11-20(18-12-25-28(5)14(18)3)26-19-10-8-7-9-16(17)19/h7-12H,6H2,1-5H3,(H,27,29). The van der Waals surface area contributed by atoms with Gasteiger partial charge < -0.3 is 10.1 Å². The molecule has 0 radical (unpaired) electrons.